The fraction of sp³-hybridized carbons (Fsp3) is 0.571. The zero-order chi connectivity index (χ0) is 14.9. The lowest BCUT2D eigenvalue weighted by molar-refractivity contribution is -0.384. The van der Waals surface area contributed by atoms with E-state index in [9.17, 15) is 10.1 Å². The van der Waals surface area contributed by atoms with Crippen LogP contribution >= 0.6 is 11.6 Å². The van der Waals surface area contributed by atoms with Crippen molar-refractivity contribution in [3.8, 4) is 0 Å². The van der Waals surface area contributed by atoms with Gasteiger partial charge in [-0.2, -0.15) is 0 Å². The van der Waals surface area contributed by atoms with E-state index in [1.54, 1.807) is 6.07 Å². The molecule has 0 spiro atoms. The topological polar surface area (TPSA) is 55.6 Å². The van der Waals surface area contributed by atoms with Gasteiger partial charge in [-0.25, -0.2) is 0 Å². The molecule has 0 aliphatic carbocycles. The molecular formula is C14H19ClN2O3. The number of benzene rings is 1. The third-order valence-corrected chi connectivity index (χ3v) is 3.74. The van der Waals surface area contributed by atoms with Gasteiger partial charge in [0.25, 0.3) is 5.69 Å². The molecule has 1 heterocycles. The average molecular weight is 299 g/mol. The molecule has 5 nitrogen and oxygen atoms in total. The lowest BCUT2D eigenvalue weighted by atomic mass is 10.1. The van der Waals surface area contributed by atoms with E-state index in [-0.39, 0.29) is 17.9 Å². The van der Waals surface area contributed by atoms with Gasteiger partial charge in [0, 0.05) is 25.2 Å². The number of ether oxygens (including phenoxy) is 1. The predicted octanol–water partition coefficient (Wildman–Crippen LogP) is 3.42. The molecule has 1 aliphatic rings. The molecular weight excluding hydrogens is 280 g/mol. The second-order valence-electron chi connectivity index (χ2n) is 5.21. The van der Waals surface area contributed by atoms with Gasteiger partial charge in [0.05, 0.1) is 27.8 Å². The van der Waals surface area contributed by atoms with Crippen molar-refractivity contribution in [2.24, 2.45) is 0 Å². The summed E-state index contributed by atoms with van der Waals surface area (Å²) in [7, 11) is 0. The van der Waals surface area contributed by atoms with Gasteiger partial charge >= 0.3 is 0 Å². The molecule has 1 aromatic rings. The molecule has 0 saturated carbocycles. The van der Waals surface area contributed by atoms with Gasteiger partial charge in [-0.05, 0) is 25.8 Å². The second-order valence-corrected chi connectivity index (χ2v) is 5.62. The van der Waals surface area contributed by atoms with E-state index < -0.39 is 4.92 Å². The molecule has 0 unspecified atom stereocenters. The Bertz CT molecular complexity index is 511. The summed E-state index contributed by atoms with van der Waals surface area (Å²) in [6.45, 7) is 7.51. The van der Waals surface area contributed by atoms with E-state index in [2.05, 4.69) is 4.90 Å². The van der Waals surface area contributed by atoms with Gasteiger partial charge in [0.2, 0.25) is 0 Å². The zero-order valence-electron chi connectivity index (χ0n) is 11.9. The smallest absolute Gasteiger partial charge is 0.271 e. The van der Waals surface area contributed by atoms with Crippen LogP contribution in [-0.4, -0.2) is 30.2 Å². The van der Waals surface area contributed by atoms with Crippen molar-refractivity contribution in [1.82, 2.24) is 0 Å². The first-order valence-electron chi connectivity index (χ1n) is 6.79. The fourth-order valence-corrected chi connectivity index (χ4v) is 3.08. The maximum absolute atomic E-state index is 10.9. The lowest BCUT2D eigenvalue weighted by Gasteiger charge is -2.38. The Hall–Kier alpha value is -1.33. The Morgan fingerprint density at radius 2 is 2.00 bits per heavy atom. The van der Waals surface area contributed by atoms with Gasteiger partial charge in [0.1, 0.15) is 0 Å². The molecule has 6 heteroatoms. The maximum atomic E-state index is 10.9. The highest BCUT2D eigenvalue weighted by molar-refractivity contribution is 6.33. The summed E-state index contributed by atoms with van der Waals surface area (Å²) >= 11 is 6.30. The van der Waals surface area contributed by atoms with Crippen molar-refractivity contribution < 1.29 is 9.66 Å². The number of aryl methyl sites for hydroxylation is 1. The Morgan fingerprint density at radius 1 is 1.40 bits per heavy atom. The van der Waals surface area contributed by atoms with Crippen LogP contribution < -0.4 is 4.90 Å². The molecule has 0 aromatic heterocycles. The van der Waals surface area contributed by atoms with Crippen LogP contribution in [0.3, 0.4) is 0 Å². The first kappa shape index (κ1) is 15.1. The molecule has 1 saturated heterocycles. The van der Waals surface area contributed by atoms with Crippen LogP contribution in [-0.2, 0) is 11.2 Å². The molecule has 2 atom stereocenters. The van der Waals surface area contributed by atoms with Gasteiger partial charge in [-0.3, -0.25) is 10.1 Å². The number of nitrogens with zero attached hydrogens (tertiary/aromatic N) is 2. The summed E-state index contributed by atoms with van der Waals surface area (Å²) in [5.41, 5.74) is 1.86. The molecule has 1 aromatic carbocycles. The number of halogens is 1. The van der Waals surface area contributed by atoms with Crippen LogP contribution in [0.4, 0.5) is 11.4 Å². The van der Waals surface area contributed by atoms with Crippen LogP contribution in [0.1, 0.15) is 26.3 Å². The lowest BCUT2D eigenvalue weighted by Crippen LogP contribution is -2.46. The molecule has 2 rings (SSSR count). The third-order valence-electron chi connectivity index (χ3n) is 3.45. The Morgan fingerprint density at radius 3 is 2.50 bits per heavy atom. The molecule has 0 amide bonds. The monoisotopic (exact) mass is 298 g/mol. The van der Waals surface area contributed by atoms with Gasteiger partial charge in [-0.1, -0.05) is 18.5 Å². The largest absolute Gasteiger partial charge is 0.372 e. The van der Waals surface area contributed by atoms with Crippen LogP contribution in [0, 0.1) is 10.1 Å². The number of rotatable bonds is 3. The number of non-ortho nitro benzene ring substituents is 1. The Labute approximate surface area is 123 Å². The average Bonchev–Trinajstić information content (AvgIpc) is 2.36. The number of nitro benzene ring substituents is 1. The molecule has 0 radical (unpaired) electrons. The first-order chi connectivity index (χ1) is 9.42. The minimum absolute atomic E-state index is 0.0463. The van der Waals surface area contributed by atoms with Crippen molar-refractivity contribution in [3.05, 3.63) is 32.8 Å². The molecule has 0 bridgehead atoms. The highest BCUT2D eigenvalue weighted by atomic mass is 35.5. The number of morpholine rings is 1. The van der Waals surface area contributed by atoms with Crippen LogP contribution in [0.2, 0.25) is 5.02 Å². The van der Waals surface area contributed by atoms with E-state index in [0.717, 1.165) is 24.3 Å². The van der Waals surface area contributed by atoms with Gasteiger partial charge in [0.15, 0.2) is 0 Å². The number of nitro groups is 1. The number of hydrogen-bond acceptors (Lipinski definition) is 4. The van der Waals surface area contributed by atoms with E-state index in [0.29, 0.717) is 11.4 Å². The summed E-state index contributed by atoms with van der Waals surface area (Å²) in [6, 6.07) is 3.05. The zero-order valence-corrected chi connectivity index (χ0v) is 12.7. The van der Waals surface area contributed by atoms with E-state index in [1.807, 2.05) is 20.8 Å². The summed E-state index contributed by atoms with van der Waals surface area (Å²) in [5.74, 6) is 0. The van der Waals surface area contributed by atoms with Crippen LogP contribution in [0.25, 0.3) is 0 Å². The van der Waals surface area contributed by atoms with Crippen molar-refractivity contribution in [2.45, 2.75) is 39.4 Å². The van der Waals surface area contributed by atoms with Crippen molar-refractivity contribution in [3.63, 3.8) is 0 Å². The van der Waals surface area contributed by atoms with E-state index in [4.69, 9.17) is 16.3 Å². The number of hydrogen-bond donors (Lipinski definition) is 0. The normalized spacial score (nSPS) is 22.9. The Kier molecular flexibility index (Phi) is 4.50. The van der Waals surface area contributed by atoms with Crippen molar-refractivity contribution >= 4 is 23.0 Å². The standard InChI is InChI=1S/C14H19ClN2O3/c1-4-11-5-12(17(18)19)6-13(15)14(11)16-7-9(2)20-10(3)8-16/h5-6,9-10H,4,7-8H2,1-3H3/t9-,10-/m0/s1. The number of anilines is 1. The quantitative estimate of drug-likeness (QED) is 0.634. The summed E-state index contributed by atoms with van der Waals surface area (Å²) < 4.78 is 5.72. The highest BCUT2D eigenvalue weighted by Crippen LogP contribution is 2.36. The molecule has 1 fully saturated rings. The molecule has 0 N–H and O–H groups in total. The third kappa shape index (κ3) is 3.04. The van der Waals surface area contributed by atoms with Crippen molar-refractivity contribution in [2.75, 3.05) is 18.0 Å². The maximum Gasteiger partial charge on any atom is 0.271 e. The summed E-state index contributed by atoms with van der Waals surface area (Å²) in [4.78, 5) is 12.7. The van der Waals surface area contributed by atoms with Crippen LogP contribution in [0.5, 0.6) is 0 Å². The van der Waals surface area contributed by atoms with E-state index >= 15 is 0 Å². The van der Waals surface area contributed by atoms with Gasteiger partial charge < -0.3 is 9.64 Å². The molecule has 110 valence electrons. The van der Waals surface area contributed by atoms with Crippen LogP contribution in [0.15, 0.2) is 12.1 Å². The first-order valence-corrected chi connectivity index (χ1v) is 7.17. The molecule has 1 aliphatic heterocycles. The summed E-state index contributed by atoms with van der Waals surface area (Å²) in [5, 5.41) is 11.4. The minimum Gasteiger partial charge on any atom is -0.372 e. The van der Waals surface area contributed by atoms with E-state index in [1.165, 1.54) is 6.07 Å². The van der Waals surface area contributed by atoms with Gasteiger partial charge in [-0.15, -0.1) is 0 Å². The fourth-order valence-electron chi connectivity index (χ4n) is 2.73. The Balaban J connectivity index is 2.42. The summed E-state index contributed by atoms with van der Waals surface area (Å²) in [6.07, 6.45) is 0.945. The predicted molar refractivity (Wildman–Crippen MR) is 79.7 cm³/mol. The highest BCUT2D eigenvalue weighted by Gasteiger charge is 2.26. The molecule has 20 heavy (non-hydrogen) atoms. The van der Waals surface area contributed by atoms with Crippen molar-refractivity contribution in [1.29, 1.82) is 0 Å². The minimum atomic E-state index is -0.403. The second kappa shape index (κ2) is 5.97. The SMILES string of the molecule is CCc1cc([N+](=O)[O-])cc(Cl)c1N1C[C@H](C)O[C@@H](C)C1.